The van der Waals surface area contributed by atoms with Crippen molar-refractivity contribution in [3.05, 3.63) is 114 Å². The molecule has 1 spiro atoms. The molecule has 0 nitrogen and oxygen atoms in total. The van der Waals surface area contributed by atoms with Gasteiger partial charge < -0.3 is 0 Å². The van der Waals surface area contributed by atoms with Gasteiger partial charge in [0.1, 0.15) is 7.85 Å². The molecule has 0 saturated heterocycles. The Morgan fingerprint density at radius 1 is 0.512 bits per heavy atom. The van der Waals surface area contributed by atoms with Crippen molar-refractivity contribution in [2.75, 3.05) is 0 Å². The van der Waals surface area contributed by atoms with Crippen molar-refractivity contribution in [1.82, 2.24) is 0 Å². The summed E-state index contributed by atoms with van der Waals surface area (Å²) in [6, 6.07) is 39.9. The van der Waals surface area contributed by atoms with Crippen LogP contribution in [-0.2, 0) is 5.41 Å². The average Bonchev–Trinajstić information content (AvgIpc) is 3.30. The van der Waals surface area contributed by atoms with Crippen molar-refractivity contribution < 1.29 is 0 Å². The van der Waals surface area contributed by atoms with Crippen LogP contribution in [0.4, 0.5) is 0 Å². The maximum Gasteiger partial charge on any atom is 0.140 e. The molecule has 4 saturated carbocycles. The summed E-state index contributed by atoms with van der Waals surface area (Å²) in [6.45, 7) is 0. The SMILES string of the molecule is Bc1c2ccccc2c(-c2ccc3c(c2)-c2c(ccc4ccccc24)C32C3CC4CC(C3)CC2C4)c2ccccc12. The van der Waals surface area contributed by atoms with Gasteiger partial charge in [0.15, 0.2) is 0 Å². The largest absolute Gasteiger partial charge is 0.140 e. The minimum atomic E-state index is 0.193. The molecule has 0 atom stereocenters. The molecule has 0 radical (unpaired) electrons. The lowest BCUT2D eigenvalue weighted by Crippen LogP contribution is -2.55. The zero-order valence-corrected chi connectivity index (χ0v) is 23.7. The minimum Gasteiger partial charge on any atom is -0.0735 e. The molecule has 0 aliphatic heterocycles. The second-order valence-electron chi connectivity index (χ2n) is 13.7. The fourth-order valence-electron chi connectivity index (χ4n) is 10.8. The molecular weight excluding hydrogens is 491 g/mol. The van der Waals surface area contributed by atoms with E-state index in [4.69, 9.17) is 0 Å². The zero-order valence-electron chi connectivity index (χ0n) is 23.7. The Hall–Kier alpha value is -3.84. The standard InChI is InChI=1S/C40H33B/c41-39-32-11-5-3-9-30(32)37(31-10-4-6-12-33(31)39)26-14-15-35-34(22-26)38-29-8-2-1-7-25(29)13-16-36(38)40(35)27-18-23-17-24(20-27)21-28(40)19-23/h1-16,22-24,27-28H,17-21,41H2. The number of hydrogen-bond acceptors (Lipinski definition) is 0. The quantitative estimate of drug-likeness (QED) is 0.149. The van der Waals surface area contributed by atoms with Crippen molar-refractivity contribution >= 4 is 45.6 Å². The minimum absolute atomic E-state index is 0.193. The third kappa shape index (κ3) is 2.78. The van der Waals surface area contributed by atoms with E-state index >= 15 is 0 Å². The molecule has 1 heteroatoms. The highest BCUT2D eigenvalue weighted by molar-refractivity contribution is 6.46. The lowest BCUT2D eigenvalue weighted by atomic mass is 9.43. The number of hydrogen-bond donors (Lipinski definition) is 0. The van der Waals surface area contributed by atoms with Crippen LogP contribution < -0.4 is 5.46 Å². The van der Waals surface area contributed by atoms with E-state index in [9.17, 15) is 0 Å². The maximum atomic E-state index is 2.60. The first-order valence-electron chi connectivity index (χ1n) is 15.8. The number of rotatable bonds is 1. The predicted molar refractivity (Wildman–Crippen MR) is 176 cm³/mol. The van der Waals surface area contributed by atoms with Crippen molar-refractivity contribution in [3.8, 4) is 22.3 Å². The summed E-state index contributed by atoms with van der Waals surface area (Å²) >= 11 is 0. The van der Waals surface area contributed by atoms with E-state index in [-0.39, 0.29) is 5.41 Å². The number of fused-ring (bicyclic) bond motifs is 7. The van der Waals surface area contributed by atoms with Crippen molar-refractivity contribution in [2.45, 2.75) is 37.5 Å². The summed E-state index contributed by atoms with van der Waals surface area (Å²) in [5.74, 6) is 3.49. The van der Waals surface area contributed by atoms with Gasteiger partial charge in [-0.05, 0) is 128 Å². The lowest BCUT2D eigenvalue weighted by molar-refractivity contribution is -0.0399. The van der Waals surface area contributed by atoms with E-state index in [1.165, 1.54) is 92.1 Å². The highest BCUT2D eigenvalue weighted by Gasteiger charge is 2.61. The van der Waals surface area contributed by atoms with Gasteiger partial charge in [0, 0.05) is 5.41 Å². The van der Waals surface area contributed by atoms with Gasteiger partial charge in [-0.3, -0.25) is 0 Å². The van der Waals surface area contributed by atoms with Crippen molar-refractivity contribution in [1.29, 1.82) is 0 Å². The van der Waals surface area contributed by atoms with Gasteiger partial charge in [0.2, 0.25) is 0 Å². The van der Waals surface area contributed by atoms with E-state index in [2.05, 4.69) is 111 Å². The Bertz CT molecular complexity index is 2000. The third-order valence-corrected chi connectivity index (χ3v) is 12.0. The van der Waals surface area contributed by atoms with E-state index in [0.29, 0.717) is 0 Å². The molecule has 0 amide bonds. The maximum absolute atomic E-state index is 2.60. The molecule has 196 valence electrons. The molecule has 0 aromatic heterocycles. The molecule has 4 bridgehead atoms. The normalized spacial score (nSPS) is 27.2. The predicted octanol–water partition coefficient (Wildman–Crippen LogP) is 8.79. The molecule has 5 aliphatic rings. The molecule has 11 rings (SSSR count). The Morgan fingerprint density at radius 2 is 1.07 bits per heavy atom. The molecule has 41 heavy (non-hydrogen) atoms. The first kappa shape index (κ1) is 22.8. The van der Waals surface area contributed by atoms with Gasteiger partial charge in [0.05, 0.1) is 0 Å². The molecule has 0 heterocycles. The molecule has 0 unspecified atom stereocenters. The van der Waals surface area contributed by atoms with Crippen LogP contribution in [0.25, 0.3) is 54.6 Å². The fourth-order valence-corrected chi connectivity index (χ4v) is 10.8. The van der Waals surface area contributed by atoms with Gasteiger partial charge >= 0.3 is 0 Å². The van der Waals surface area contributed by atoms with E-state index in [0.717, 1.165) is 23.7 Å². The van der Waals surface area contributed by atoms with Crippen LogP contribution in [0.3, 0.4) is 0 Å². The van der Waals surface area contributed by atoms with Gasteiger partial charge in [0.25, 0.3) is 0 Å². The molecule has 4 fully saturated rings. The lowest BCUT2D eigenvalue weighted by Gasteiger charge is -2.61. The van der Waals surface area contributed by atoms with Crippen LogP contribution in [0.1, 0.15) is 43.2 Å². The van der Waals surface area contributed by atoms with Crippen LogP contribution in [-0.4, -0.2) is 7.85 Å². The van der Waals surface area contributed by atoms with Gasteiger partial charge in [-0.1, -0.05) is 103 Å². The second kappa shape index (κ2) is 7.92. The van der Waals surface area contributed by atoms with E-state index in [1.54, 1.807) is 11.1 Å². The van der Waals surface area contributed by atoms with E-state index in [1.807, 2.05) is 0 Å². The van der Waals surface area contributed by atoms with Crippen LogP contribution in [0.2, 0.25) is 0 Å². The molecule has 5 aliphatic carbocycles. The summed E-state index contributed by atoms with van der Waals surface area (Å²) in [5.41, 5.74) is 10.7. The molecule has 0 N–H and O–H groups in total. The molecular formula is C40H33B. The van der Waals surface area contributed by atoms with E-state index < -0.39 is 0 Å². The summed E-state index contributed by atoms with van der Waals surface area (Å²) in [4.78, 5) is 0. The Morgan fingerprint density at radius 3 is 1.73 bits per heavy atom. The molecule has 6 aromatic carbocycles. The summed E-state index contributed by atoms with van der Waals surface area (Å²) in [5, 5.41) is 8.27. The highest BCUT2D eigenvalue weighted by Crippen LogP contribution is 2.70. The summed E-state index contributed by atoms with van der Waals surface area (Å²) < 4.78 is 0. The van der Waals surface area contributed by atoms with Gasteiger partial charge in [-0.25, -0.2) is 0 Å². The van der Waals surface area contributed by atoms with Gasteiger partial charge in [-0.2, -0.15) is 0 Å². The Kier molecular flexibility index (Phi) is 4.40. The topological polar surface area (TPSA) is 0 Å². The highest BCUT2D eigenvalue weighted by atomic mass is 14.6. The summed E-state index contributed by atoms with van der Waals surface area (Å²) in [7, 11) is 2.29. The Balaban J connectivity index is 1.31. The fraction of sp³-hybridized carbons (Fsp3) is 0.250. The van der Waals surface area contributed by atoms with Crippen LogP contribution in [0.5, 0.6) is 0 Å². The monoisotopic (exact) mass is 524 g/mol. The third-order valence-electron chi connectivity index (χ3n) is 12.0. The average molecular weight is 525 g/mol. The smallest absolute Gasteiger partial charge is 0.0735 e. The second-order valence-corrected chi connectivity index (χ2v) is 13.7. The first-order valence-corrected chi connectivity index (χ1v) is 15.8. The van der Waals surface area contributed by atoms with Crippen LogP contribution >= 0.6 is 0 Å². The summed E-state index contributed by atoms with van der Waals surface area (Å²) in [6.07, 6.45) is 7.19. The van der Waals surface area contributed by atoms with Gasteiger partial charge in [-0.15, -0.1) is 0 Å². The van der Waals surface area contributed by atoms with Crippen molar-refractivity contribution in [2.24, 2.45) is 23.7 Å². The Labute approximate surface area is 242 Å². The molecule has 6 aromatic rings. The van der Waals surface area contributed by atoms with Crippen molar-refractivity contribution in [3.63, 3.8) is 0 Å². The van der Waals surface area contributed by atoms with Crippen LogP contribution in [0.15, 0.2) is 103 Å². The number of benzene rings is 6. The first-order chi connectivity index (χ1) is 20.2. The zero-order chi connectivity index (χ0) is 26.9. The van der Waals surface area contributed by atoms with Crippen LogP contribution in [0, 0.1) is 23.7 Å².